The van der Waals surface area contributed by atoms with Gasteiger partial charge in [0, 0.05) is 0 Å². The molecule has 4 atom stereocenters. The Hall–Kier alpha value is -3.30. The first kappa shape index (κ1) is 25.7. The molecule has 15 heteroatoms. The summed E-state index contributed by atoms with van der Waals surface area (Å²) in [5.41, 5.74) is 5.32. The fourth-order valence-electron chi connectivity index (χ4n) is 1.87. The average molecular weight is 422 g/mol. The van der Waals surface area contributed by atoms with Crippen LogP contribution in [0, 0.1) is 0 Å². The van der Waals surface area contributed by atoms with Crippen molar-refractivity contribution >= 4 is 35.6 Å². The van der Waals surface area contributed by atoms with Gasteiger partial charge in [-0.15, -0.1) is 0 Å². The number of amides is 3. The lowest BCUT2D eigenvalue weighted by Crippen LogP contribution is -2.58. The molecule has 0 heterocycles. The summed E-state index contributed by atoms with van der Waals surface area (Å²) < 4.78 is 0. The van der Waals surface area contributed by atoms with Crippen LogP contribution in [0.5, 0.6) is 0 Å². The number of nitrogens with two attached hydrogens (primary N) is 1. The normalized spacial score (nSPS) is 14.6. The van der Waals surface area contributed by atoms with E-state index < -0.39 is 85.9 Å². The lowest BCUT2D eigenvalue weighted by atomic mass is 10.1. The molecule has 0 aromatic rings. The molecular weight excluding hydrogens is 400 g/mol. The van der Waals surface area contributed by atoms with Gasteiger partial charge in [-0.3, -0.25) is 24.0 Å². The van der Waals surface area contributed by atoms with Crippen LogP contribution in [-0.4, -0.2) is 98.5 Å². The summed E-state index contributed by atoms with van der Waals surface area (Å²) in [6.07, 6.45) is -1.77. The quantitative estimate of drug-likeness (QED) is 0.135. The highest BCUT2D eigenvalue weighted by Gasteiger charge is 2.31. The smallest absolute Gasteiger partial charge is 0.328 e. The van der Waals surface area contributed by atoms with Gasteiger partial charge in [0.15, 0.2) is 0 Å². The number of nitrogens with one attached hydrogen (secondary N) is 3. The predicted molar refractivity (Wildman–Crippen MR) is 90.1 cm³/mol. The zero-order valence-electron chi connectivity index (χ0n) is 14.9. The molecule has 0 aliphatic rings. The van der Waals surface area contributed by atoms with Gasteiger partial charge >= 0.3 is 17.9 Å². The number of rotatable bonds is 13. The van der Waals surface area contributed by atoms with E-state index in [0.717, 1.165) is 0 Å². The van der Waals surface area contributed by atoms with Crippen molar-refractivity contribution in [3.63, 3.8) is 0 Å². The van der Waals surface area contributed by atoms with E-state index in [1.165, 1.54) is 0 Å². The molecule has 29 heavy (non-hydrogen) atoms. The number of carboxylic acids is 3. The molecule has 4 unspecified atom stereocenters. The molecule has 0 aliphatic heterocycles. The molecule has 0 saturated heterocycles. The first-order valence-electron chi connectivity index (χ1n) is 7.97. The van der Waals surface area contributed by atoms with Gasteiger partial charge in [-0.05, 0) is 0 Å². The lowest BCUT2D eigenvalue weighted by molar-refractivity contribution is -0.144. The average Bonchev–Trinajstić information content (AvgIpc) is 2.61. The number of carbonyl (C=O) groups excluding carboxylic acids is 3. The standard InChI is InChI=1S/C14H22N4O11/c15-5(1-9(21)22)11(25)16-6(2-10(23)24)12(26)17-7(3-19)13(27)18-8(4-20)14(28)29/h5-8,19-20H,1-4,15H2,(H,16,25)(H,17,26)(H,18,27)(H,21,22)(H,23,24)(H,28,29). The summed E-state index contributed by atoms with van der Waals surface area (Å²) in [6.45, 7) is -2.01. The van der Waals surface area contributed by atoms with Crippen molar-refractivity contribution in [1.82, 2.24) is 16.0 Å². The van der Waals surface area contributed by atoms with Crippen molar-refractivity contribution in [2.75, 3.05) is 13.2 Å². The van der Waals surface area contributed by atoms with E-state index in [9.17, 15) is 33.9 Å². The second-order valence-electron chi connectivity index (χ2n) is 5.69. The van der Waals surface area contributed by atoms with E-state index in [4.69, 9.17) is 26.2 Å². The zero-order valence-corrected chi connectivity index (χ0v) is 14.9. The van der Waals surface area contributed by atoms with Gasteiger partial charge in [0.05, 0.1) is 32.1 Å². The summed E-state index contributed by atoms with van der Waals surface area (Å²) in [7, 11) is 0. The van der Waals surface area contributed by atoms with Crippen LogP contribution >= 0.6 is 0 Å². The number of carbonyl (C=O) groups is 6. The predicted octanol–water partition coefficient (Wildman–Crippen LogP) is -5.21. The van der Waals surface area contributed by atoms with E-state index in [1.807, 2.05) is 16.0 Å². The monoisotopic (exact) mass is 422 g/mol. The maximum Gasteiger partial charge on any atom is 0.328 e. The third-order valence-corrected chi connectivity index (χ3v) is 3.36. The Bertz CT molecular complexity index is 653. The number of aliphatic hydroxyl groups is 2. The summed E-state index contributed by atoms with van der Waals surface area (Å²) in [6, 6.07) is -6.84. The summed E-state index contributed by atoms with van der Waals surface area (Å²) in [5, 5.41) is 50.0. The third-order valence-electron chi connectivity index (χ3n) is 3.36. The summed E-state index contributed by atoms with van der Waals surface area (Å²) >= 11 is 0. The SMILES string of the molecule is NC(CC(=O)O)C(=O)NC(CC(=O)O)C(=O)NC(CO)C(=O)NC(CO)C(=O)O. The van der Waals surface area contributed by atoms with Crippen LogP contribution in [0.4, 0.5) is 0 Å². The molecule has 0 rings (SSSR count). The van der Waals surface area contributed by atoms with Gasteiger partial charge in [-0.25, -0.2) is 4.79 Å². The summed E-state index contributed by atoms with van der Waals surface area (Å²) in [4.78, 5) is 68.3. The minimum Gasteiger partial charge on any atom is -0.481 e. The molecular formula is C14H22N4O11. The molecule has 0 radical (unpaired) electrons. The van der Waals surface area contributed by atoms with E-state index in [1.54, 1.807) is 0 Å². The Balaban J connectivity index is 5.20. The van der Waals surface area contributed by atoms with Crippen molar-refractivity contribution in [1.29, 1.82) is 0 Å². The zero-order chi connectivity index (χ0) is 22.7. The highest BCUT2D eigenvalue weighted by Crippen LogP contribution is 1.98. The fourth-order valence-corrected chi connectivity index (χ4v) is 1.87. The van der Waals surface area contributed by atoms with Gasteiger partial charge < -0.3 is 47.2 Å². The van der Waals surface area contributed by atoms with Crippen LogP contribution in [0.3, 0.4) is 0 Å². The molecule has 3 amide bonds. The molecule has 10 N–H and O–H groups in total. The maximum absolute atomic E-state index is 12.2. The Morgan fingerprint density at radius 1 is 0.655 bits per heavy atom. The van der Waals surface area contributed by atoms with E-state index in [-0.39, 0.29) is 0 Å². The Kier molecular flexibility index (Phi) is 10.8. The van der Waals surface area contributed by atoms with Gasteiger partial charge in [0.2, 0.25) is 17.7 Å². The van der Waals surface area contributed by atoms with Gasteiger partial charge in [0.1, 0.15) is 18.1 Å². The number of hydrogen-bond acceptors (Lipinski definition) is 9. The molecule has 15 nitrogen and oxygen atoms in total. The van der Waals surface area contributed by atoms with E-state index >= 15 is 0 Å². The highest BCUT2D eigenvalue weighted by atomic mass is 16.4. The third kappa shape index (κ3) is 9.45. The molecule has 0 spiro atoms. The molecule has 0 aromatic carbocycles. The molecule has 0 aliphatic carbocycles. The summed E-state index contributed by atoms with van der Waals surface area (Å²) in [5.74, 6) is -8.13. The topological polar surface area (TPSA) is 266 Å². The van der Waals surface area contributed by atoms with Crippen LogP contribution in [0.1, 0.15) is 12.8 Å². The number of aliphatic hydroxyl groups excluding tert-OH is 2. The molecule has 0 fully saturated rings. The largest absolute Gasteiger partial charge is 0.481 e. The van der Waals surface area contributed by atoms with E-state index in [2.05, 4.69) is 0 Å². The minimum absolute atomic E-state index is 0.799. The lowest BCUT2D eigenvalue weighted by Gasteiger charge is -2.23. The molecule has 164 valence electrons. The molecule has 0 saturated carbocycles. The van der Waals surface area contributed by atoms with Crippen LogP contribution in [0.25, 0.3) is 0 Å². The van der Waals surface area contributed by atoms with Crippen molar-refractivity contribution in [2.24, 2.45) is 5.73 Å². The Labute approximate surface area is 162 Å². The second kappa shape index (κ2) is 12.2. The second-order valence-corrected chi connectivity index (χ2v) is 5.69. The van der Waals surface area contributed by atoms with Gasteiger partial charge in [0.25, 0.3) is 0 Å². The minimum atomic E-state index is -1.78. The first-order valence-corrected chi connectivity index (χ1v) is 7.97. The van der Waals surface area contributed by atoms with Crippen molar-refractivity contribution in [3.05, 3.63) is 0 Å². The van der Waals surface area contributed by atoms with Gasteiger partial charge in [-0.2, -0.15) is 0 Å². The molecule has 0 bridgehead atoms. The Morgan fingerprint density at radius 3 is 1.48 bits per heavy atom. The van der Waals surface area contributed by atoms with Crippen molar-refractivity contribution < 1.29 is 54.3 Å². The maximum atomic E-state index is 12.2. The Morgan fingerprint density at radius 2 is 1.07 bits per heavy atom. The van der Waals surface area contributed by atoms with Crippen molar-refractivity contribution in [2.45, 2.75) is 37.0 Å². The highest BCUT2D eigenvalue weighted by molar-refractivity contribution is 5.96. The number of hydrogen-bond donors (Lipinski definition) is 9. The first-order chi connectivity index (χ1) is 13.4. The fraction of sp³-hybridized carbons (Fsp3) is 0.571. The van der Waals surface area contributed by atoms with Crippen LogP contribution in [0.15, 0.2) is 0 Å². The number of aliphatic carboxylic acids is 3. The molecule has 0 aromatic heterocycles. The van der Waals surface area contributed by atoms with Crippen molar-refractivity contribution in [3.8, 4) is 0 Å². The van der Waals surface area contributed by atoms with E-state index in [0.29, 0.717) is 0 Å². The van der Waals surface area contributed by atoms with Crippen LogP contribution in [0.2, 0.25) is 0 Å². The van der Waals surface area contributed by atoms with Crippen LogP contribution < -0.4 is 21.7 Å². The van der Waals surface area contributed by atoms with Gasteiger partial charge in [-0.1, -0.05) is 0 Å². The number of carboxylic acid groups (broad SMARTS) is 3. The van der Waals surface area contributed by atoms with Crippen LogP contribution in [-0.2, 0) is 28.8 Å².